The van der Waals surface area contributed by atoms with Crippen LogP contribution in [-0.2, 0) is 10.1 Å². The quantitative estimate of drug-likeness (QED) is 0.358. The first kappa shape index (κ1) is 15.1. The van der Waals surface area contributed by atoms with Gasteiger partial charge >= 0.3 is 51.4 Å². The number of hydrogen-bond acceptors (Lipinski definition) is 3. The van der Waals surface area contributed by atoms with E-state index in [1.54, 1.807) is 6.07 Å². The van der Waals surface area contributed by atoms with Crippen LogP contribution in [0.15, 0.2) is 59.5 Å². The smallest absolute Gasteiger partial charge is 0.744 e. The molecule has 0 aliphatic heterocycles. The van der Waals surface area contributed by atoms with E-state index < -0.39 is 10.1 Å². The van der Waals surface area contributed by atoms with Gasteiger partial charge in [0.05, 0.1) is 4.90 Å². The first-order valence-corrected chi connectivity index (χ1v) is 6.84. The first-order valence-electron chi connectivity index (χ1n) is 5.43. The SMILES string of the molecule is O=S(=O)([O-])c1ccc2c(ccc3ccccc32)c1.[K+]. The van der Waals surface area contributed by atoms with E-state index in [-0.39, 0.29) is 56.3 Å². The molecule has 3 aromatic rings. The fourth-order valence-electron chi connectivity index (χ4n) is 2.15. The second-order valence-corrected chi connectivity index (χ2v) is 5.50. The molecule has 0 aliphatic rings. The molecule has 0 saturated carbocycles. The summed E-state index contributed by atoms with van der Waals surface area (Å²) in [5, 5.41) is 3.83. The van der Waals surface area contributed by atoms with E-state index in [4.69, 9.17) is 0 Å². The van der Waals surface area contributed by atoms with Gasteiger partial charge in [-0.2, -0.15) is 0 Å². The molecule has 0 fully saturated rings. The molecule has 0 saturated heterocycles. The third-order valence-electron chi connectivity index (χ3n) is 3.01. The van der Waals surface area contributed by atoms with E-state index >= 15 is 0 Å². The Kier molecular flexibility index (Phi) is 4.47. The Labute approximate surface area is 153 Å². The van der Waals surface area contributed by atoms with Gasteiger partial charge in [0, 0.05) is 0 Å². The molecule has 0 aromatic heterocycles. The molecule has 0 N–H and O–H groups in total. The fourth-order valence-corrected chi connectivity index (χ4v) is 2.65. The van der Waals surface area contributed by atoms with Crippen molar-refractivity contribution in [1.29, 1.82) is 0 Å². The van der Waals surface area contributed by atoms with Crippen LogP contribution >= 0.6 is 0 Å². The first-order chi connectivity index (χ1) is 8.55. The molecular formula is C14H9KO3S. The standard InChI is InChI=1S/C14H10O3S.K/c15-18(16,17)12-7-8-14-11(9-12)6-5-10-3-1-2-4-13(10)14;/h1-9H,(H,15,16,17);/q;+1/p-1. The Morgan fingerprint density at radius 3 is 2.16 bits per heavy atom. The Hall–Kier alpha value is -0.274. The summed E-state index contributed by atoms with van der Waals surface area (Å²) in [4.78, 5) is -0.190. The summed E-state index contributed by atoms with van der Waals surface area (Å²) in [6.45, 7) is 0. The minimum atomic E-state index is -4.40. The van der Waals surface area contributed by atoms with Gasteiger partial charge in [0.25, 0.3) is 0 Å². The maximum absolute atomic E-state index is 11.0. The normalized spacial score (nSPS) is 11.4. The molecule has 0 bridgehead atoms. The Morgan fingerprint density at radius 1 is 0.789 bits per heavy atom. The zero-order valence-corrected chi connectivity index (χ0v) is 14.3. The van der Waals surface area contributed by atoms with Gasteiger partial charge in [-0.05, 0) is 33.7 Å². The molecular weight excluding hydrogens is 287 g/mol. The predicted octanol–water partition coefficient (Wildman–Crippen LogP) is -0.0989. The van der Waals surface area contributed by atoms with Gasteiger partial charge < -0.3 is 4.55 Å². The maximum atomic E-state index is 11.0. The van der Waals surface area contributed by atoms with Crippen molar-refractivity contribution in [2.24, 2.45) is 0 Å². The van der Waals surface area contributed by atoms with Gasteiger partial charge in [-0.15, -0.1) is 0 Å². The van der Waals surface area contributed by atoms with Crippen molar-refractivity contribution in [1.82, 2.24) is 0 Å². The van der Waals surface area contributed by atoms with Gasteiger partial charge in [0.1, 0.15) is 10.1 Å². The monoisotopic (exact) mass is 296 g/mol. The van der Waals surface area contributed by atoms with Gasteiger partial charge in [0.15, 0.2) is 0 Å². The second-order valence-electron chi connectivity index (χ2n) is 4.12. The average molecular weight is 296 g/mol. The molecule has 0 unspecified atom stereocenters. The zero-order chi connectivity index (χ0) is 12.8. The van der Waals surface area contributed by atoms with E-state index in [1.807, 2.05) is 36.4 Å². The predicted molar refractivity (Wildman–Crippen MR) is 69.4 cm³/mol. The van der Waals surface area contributed by atoms with Crippen LogP contribution in [0.4, 0.5) is 0 Å². The molecule has 0 atom stereocenters. The topological polar surface area (TPSA) is 57.2 Å². The van der Waals surface area contributed by atoms with Crippen LogP contribution in [0.2, 0.25) is 0 Å². The third-order valence-corrected chi connectivity index (χ3v) is 3.84. The number of benzene rings is 3. The third kappa shape index (κ3) is 2.92. The van der Waals surface area contributed by atoms with Crippen LogP contribution < -0.4 is 51.4 Å². The summed E-state index contributed by atoms with van der Waals surface area (Å²) < 4.78 is 33.0. The van der Waals surface area contributed by atoms with Gasteiger partial charge in [0.2, 0.25) is 0 Å². The van der Waals surface area contributed by atoms with Crippen LogP contribution in [0.25, 0.3) is 21.5 Å². The van der Waals surface area contributed by atoms with Crippen LogP contribution in [0, 0.1) is 0 Å². The maximum Gasteiger partial charge on any atom is 1.00 e. The van der Waals surface area contributed by atoms with Gasteiger partial charge in [-0.1, -0.05) is 42.5 Å². The Morgan fingerprint density at radius 2 is 1.42 bits per heavy atom. The molecule has 0 heterocycles. The number of fused-ring (bicyclic) bond motifs is 3. The molecule has 0 spiro atoms. The summed E-state index contributed by atoms with van der Waals surface area (Å²) >= 11 is 0. The van der Waals surface area contributed by atoms with E-state index in [9.17, 15) is 13.0 Å². The molecule has 0 radical (unpaired) electrons. The Balaban J connectivity index is 0.00000133. The van der Waals surface area contributed by atoms with Gasteiger partial charge in [-0.3, -0.25) is 0 Å². The van der Waals surface area contributed by atoms with E-state index in [0.717, 1.165) is 21.5 Å². The molecule has 3 rings (SSSR count). The molecule has 5 heteroatoms. The van der Waals surface area contributed by atoms with Crippen LogP contribution in [-0.4, -0.2) is 13.0 Å². The summed E-state index contributed by atoms with van der Waals surface area (Å²) in [5.41, 5.74) is 0. The number of hydrogen-bond donors (Lipinski definition) is 0. The van der Waals surface area contributed by atoms with E-state index in [2.05, 4.69) is 0 Å². The molecule has 3 aromatic carbocycles. The number of rotatable bonds is 1. The minimum absolute atomic E-state index is 0. The van der Waals surface area contributed by atoms with Crippen molar-refractivity contribution in [3.8, 4) is 0 Å². The van der Waals surface area contributed by atoms with Crippen molar-refractivity contribution >= 4 is 31.7 Å². The second kappa shape index (κ2) is 5.61. The minimum Gasteiger partial charge on any atom is -0.744 e. The van der Waals surface area contributed by atoms with E-state index in [0.29, 0.717) is 0 Å². The summed E-state index contributed by atoms with van der Waals surface area (Å²) in [7, 11) is -4.40. The molecule has 90 valence electrons. The average Bonchev–Trinajstić information content (AvgIpc) is 2.37. The van der Waals surface area contributed by atoms with Crippen molar-refractivity contribution in [2.75, 3.05) is 0 Å². The largest absolute Gasteiger partial charge is 1.00 e. The Bertz CT molecular complexity index is 857. The molecule has 0 aliphatic carbocycles. The van der Waals surface area contributed by atoms with Crippen LogP contribution in [0.5, 0.6) is 0 Å². The molecule has 0 amide bonds. The van der Waals surface area contributed by atoms with Crippen molar-refractivity contribution in [2.45, 2.75) is 4.90 Å². The van der Waals surface area contributed by atoms with E-state index in [1.165, 1.54) is 12.1 Å². The van der Waals surface area contributed by atoms with Gasteiger partial charge in [-0.25, -0.2) is 8.42 Å². The van der Waals surface area contributed by atoms with Crippen molar-refractivity contribution in [3.05, 3.63) is 54.6 Å². The van der Waals surface area contributed by atoms with Crippen LogP contribution in [0.1, 0.15) is 0 Å². The zero-order valence-electron chi connectivity index (χ0n) is 10.3. The summed E-state index contributed by atoms with van der Waals surface area (Å²) in [5.74, 6) is 0. The fraction of sp³-hybridized carbons (Fsp3) is 0. The molecule has 19 heavy (non-hydrogen) atoms. The summed E-state index contributed by atoms with van der Waals surface area (Å²) in [6.07, 6.45) is 0. The van der Waals surface area contributed by atoms with Crippen molar-refractivity contribution in [3.63, 3.8) is 0 Å². The summed E-state index contributed by atoms with van der Waals surface area (Å²) in [6, 6.07) is 16.1. The molecule has 3 nitrogen and oxygen atoms in total. The van der Waals surface area contributed by atoms with Crippen LogP contribution in [0.3, 0.4) is 0 Å². The van der Waals surface area contributed by atoms with Crippen molar-refractivity contribution < 1.29 is 64.4 Å².